The van der Waals surface area contributed by atoms with Crippen LogP contribution in [-0.2, 0) is 0 Å². The van der Waals surface area contributed by atoms with E-state index in [2.05, 4.69) is 197 Å². The molecule has 0 aliphatic heterocycles. The second kappa shape index (κ2) is 21.2. The van der Waals surface area contributed by atoms with Crippen LogP contribution in [0.5, 0.6) is 28.7 Å². The minimum absolute atomic E-state index is 0.805. The van der Waals surface area contributed by atoms with Crippen LogP contribution in [0.2, 0.25) is 0 Å². The minimum atomic E-state index is 0.805. The first kappa shape index (κ1) is 47.7. The molecule has 0 aliphatic rings. The normalized spacial score (nSPS) is 11.0. The van der Waals surface area contributed by atoms with Gasteiger partial charge in [0.1, 0.15) is 28.7 Å². The van der Waals surface area contributed by atoms with Gasteiger partial charge in [-0.15, -0.1) is 0 Å². The zero-order valence-electron chi connectivity index (χ0n) is 42.5. The Balaban J connectivity index is 0.863. The maximum atomic E-state index is 5.56. The van der Waals surface area contributed by atoms with E-state index in [1.54, 1.807) is 35.5 Å². The third-order valence-electron chi connectivity index (χ3n) is 13.7. The molecule has 75 heavy (non-hydrogen) atoms. The molecule has 0 heterocycles. The molecule has 11 aromatic carbocycles. The number of benzene rings is 11. The van der Waals surface area contributed by atoms with Crippen LogP contribution in [0.15, 0.2) is 243 Å². The molecule has 0 bridgehead atoms. The molecule has 0 unspecified atom stereocenters. The lowest BCUT2D eigenvalue weighted by Crippen LogP contribution is -2.10. The van der Waals surface area contributed by atoms with Crippen LogP contribution < -0.4 is 38.4 Å². The first-order valence-electron chi connectivity index (χ1n) is 24.8. The topological polar surface area (TPSA) is 55.9 Å². The zero-order valence-corrected chi connectivity index (χ0v) is 42.5. The van der Waals surface area contributed by atoms with Crippen molar-refractivity contribution in [3.05, 3.63) is 243 Å². The fraction of sp³-hybridized carbons (Fsp3) is 0.0746. The number of hydrogen-bond donors (Lipinski definition) is 0. The van der Waals surface area contributed by atoms with E-state index in [1.807, 2.05) is 60.7 Å². The standard InChI is InChI=1S/C67H55N3O5/c1-71-63-32-22-56(23-33-63)68(54-16-10-46(11-17-54)48-6-8-52-44-61(20-14-50(52)42-48)69(57-24-34-64(72-2)35-25-57)58-26-36-65(73-3)37-27-58)55-18-12-47(13-19-55)49-7-9-53-45-62(21-15-51(53)43-49)70(59-28-38-66(74-4)39-29-59)60-30-40-67(75-5)41-31-60/h6-45H,1-5H3. The molecule has 11 aromatic rings. The van der Waals surface area contributed by atoms with Gasteiger partial charge in [0.05, 0.1) is 35.5 Å². The number of rotatable bonds is 16. The molecule has 0 spiro atoms. The molecule has 368 valence electrons. The molecule has 0 amide bonds. The van der Waals surface area contributed by atoms with Gasteiger partial charge in [-0.1, -0.05) is 60.7 Å². The molecule has 0 aromatic heterocycles. The Morgan fingerprint density at radius 3 is 0.627 bits per heavy atom. The summed E-state index contributed by atoms with van der Waals surface area (Å²) in [6.07, 6.45) is 0. The molecular weight excluding hydrogens is 927 g/mol. The van der Waals surface area contributed by atoms with Crippen molar-refractivity contribution in [2.75, 3.05) is 50.2 Å². The molecule has 8 nitrogen and oxygen atoms in total. The molecule has 11 rings (SSSR count). The summed E-state index contributed by atoms with van der Waals surface area (Å²) in [5.74, 6) is 4.04. The lowest BCUT2D eigenvalue weighted by molar-refractivity contribution is 0.414. The lowest BCUT2D eigenvalue weighted by atomic mass is 9.99. The third kappa shape index (κ3) is 9.97. The summed E-state index contributed by atoms with van der Waals surface area (Å²) >= 11 is 0. The Morgan fingerprint density at radius 2 is 0.373 bits per heavy atom. The highest BCUT2D eigenvalue weighted by Crippen LogP contribution is 2.42. The molecule has 0 saturated heterocycles. The van der Waals surface area contributed by atoms with Crippen molar-refractivity contribution in [3.8, 4) is 51.0 Å². The van der Waals surface area contributed by atoms with Gasteiger partial charge in [0.25, 0.3) is 0 Å². The van der Waals surface area contributed by atoms with E-state index in [0.717, 1.165) is 124 Å². The van der Waals surface area contributed by atoms with Gasteiger partial charge in [-0.05, 0) is 226 Å². The second-order valence-corrected chi connectivity index (χ2v) is 18.1. The van der Waals surface area contributed by atoms with Gasteiger partial charge >= 0.3 is 0 Å². The summed E-state index contributed by atoms with van der Waals surface area (Å²) in [6.45, 7) is 0. The van der Waals surface area contributed by atoms with Crippen molar-refractivity contribution in [2.45, 2.75) is 0 Å². The number of hydrogen-bond acceptors (Lipinski definition) is 8. The predicted octanol–water partition coefficient (Wildman–Crippen LogP) is 17.8. The maximum Gasteiger partial charge on any atom is 0.119 e. The van der Waals surface area contributed by atoms with E-state index < -0.39 is 0 Å². The van der Waals surface area contributed by atoms with Crippen molar-refractivity contribution in [1.82, 2.24) is 0 Å². The van der Waals surface area contributed by atoms with Gasteiger partial charge in [0.15, 0.2) is 0 Å². The molecule has 0 N–H and O–H groups in total. The van der Waals surface area contributed by atoms with E-state index >= 15 is 0 Å². The van der Waals surface area contributed by atoms with Crippen LogP contribution in [0, 0.1) is 0 Å². The van der Waals surface area contributed by atoms with Crippen molar-refractivity contribution in [3.63, 3.8) is 0 Å². The van der Waals surface area contributed by atoms with Crippen molar-refractivity contribution in [2.24, 2.45) is 0 Å². The number of anilines is 9. The molecule has 8 heteroatoms. The Hall–Kier alpha value is -9.66. The third-order valence-corrected chi connectivity index (χ3v) is 13.7. The van der Waals surface area contributed by atoms with Crippen molar-refractivity contribution in [1.29, 1.82) is 0 Å². The molecule has 0 aliphatic carbocycles. The number of nitrogens with zero attached hydrogens (tertiary/aromatic N) is 3. The highest BCUT2D eigenvalue weighted by molar-refractivity contribution is 5.94. The van der Waals surface area contributed by atoms with Crippen molar-refractivity contribution >= 4 is 72.7 Å². The van der Waals surface area contributed by atoms with Crippen LogP contribution in [0.3, 0.4) is 0 Å². The summed E-state index contributed by atoms with van der Waals surface area (Å²) in [7, 11) is 8.44. The average Bonchev–Trinajstić information content (AvgIpc) is 3.48. The van der Waals surface area contributed by atoms with Gasteiger partial charge in [0, 0.05) is 51.2 Å². The number of ether oxygens (including phenoxy) is 5. The predicted molar refractivity (Wildman–Crippen MR) is 309 cm³/mol. The number of fused-ring (bicyclic) bond motifs is 2. The van der Waals surface area contributed by atoms with Gasteiger partial charge in [-0.2, -0.15) is 0 Å². The maximum absolute atomic E-state index is 5.56. The van der Waals surface area contributed by atoms with Crippen LogP contribution in [-0.4, -0.2) is 35.5 Å². The average molecular weight is 982 g/mol. The second-order valence-electron chi connectivity index (χ2n) is 18.1. The monoisotopic (exact) mass is 981 g/mol. The van der Waals surface area contributed by atoms with Crippen LogP contribution in [0.25, 0.3) is 43.8 Å². The first-order chi connectivity index (χ1) is 36.9. The van der Waals surface area contributed by atoms with Crippen LogP contribution >= 0.6 is 0 Å². The summed E-state index contributed by atoms with van der Waals surface area (Å²) < 4.78 is 27.5. The van der Waals surface area contributed by atoms with E-state index in [0.29, 0.717) is 0 Å². The van der Waals surface area contributed by atoms with E-state index in [4.69, 9.17) is 23.7 Å². The smallest absolute Gasteiger partial charge is 0.119 e. The highest BCUT2D eigenvalue weighted by atomic mass is 16.5. The largest absolute Gasteiger partial charge is 0.497 e. The van der Waals surface area contributed by atoms with Crippen molar-refractivity contribution < 1.29 is 23.7 Å². The molecule has 0 atom stereocenters. The van der Waals surface area contributed by atoms with Crippen LogP contribution in [0.4, 0.5) is 51.2 Å². The van der Waals surface area contributed by atoms with E-state index in [1.165, 1.54) is 0 Å². The van der Waals surface area contributed by atoms with Gasteiger partial charge < -0.3 is 38.4 Å². The minimum Gasteiger partial charge on any atom is -0.497 e. The summed E-state index contributed by atoms with van der Waals surface area (Å²) in [4.78, 5) is 6.77. The highest BCUT2D eigenvalue weighted by Gasteiger charge is 2.18. The van der Waals surface area contributed by atoms with Crippen LogP contribution in [0.1, 0.15) is 0 Å². The van der Waals surface area contributed by atoms with Gasteiger partial charge in [0.2, 0.25) is 0 Å². The Bertz CT molecular complexity index is 3390. The summed E-state index contributed by atoms with van der Waals surface area (Å²) in [5, 5.41) is 4.60. The Labute approximate surface area is 438 Å². The first-order valence-corrected chi connectivity index (χ1v) is 24.8. The molecule has 0 radical (unpaired) electrons. The Morgan fingerprint density at radius 1 is 0.187 bits per heavy atom. The van der Waals surface area contributed by atoms with E-state index in [9.17, 15) is 0 Å². The molecular formula is C67H55N3O5. The fourth-order valence-electron chi connectivity index (χ4n) is 9.71. The van der Waals surface area contributed by atoms with Gasteiger partial charge in [-0.3, -0.25) is 0 Å². The SMILES string of the molecule is COc1ccc(N(c2ccc(-c3ccc4cc(N(c5ccc(OC)cc5)c5ccc(OC)cc5)ccc4c3)cc2)c2ccc(-c3ccc4cc(N(c5ccc(OC)cc5)c5ccc(OC)cc5)ccc4c3)cc2)cc1. The summed E-state index contributed by atoms with van der Waals surface area (Å²) in [5.41, 5.74) is 13.8. The fourth-order valence-corrected chi connectivity index (χ4v) is 9.71. The zero-order chi connectivity index (χ0) is 51.3. The molecule has 0 fully saturated rings. The lowest BCUT2D eigenvalue weighted by Gasteiger charge is -2.26. The Kier molecular flexibility index (Phi) is 13.5. The number of methoxy groups -OCH3 is 5. The quantitative estimate of drug-likeness (QED) is 0.0949. The summed E-state index contributed by atoms with van der Waals surface area (Å²) in [6, 6.07) is 85.0. The van der Waals surface area contributed by atoms with Gasteiger partial charge in [-0.25, -0.2) is 0 Å². The molecule has 0 saturated carbocycles. The van der Waals surface area contributed by atoms with E-state index in [-0.39, 0.29) is 0 Å².